The third kappa shape index (κ3) is 4.29. The Hall–Kier alpha value is -1.69. The van der Waals surface area contributed by atoms with Crippen molar-refractivity contribution in [3.05, 3.63) is 17.5 Å². The molecule has 2 saturated heterocycles. The van der Waals surface area contributed by atoms with Crippen LogP contribution in [0.1, 0.15) is 69.1 Å². The summed E-state index contributed by atoms with van der Waals surface area (Å²) in [5, 5.41) is 0. The zero-order valence-electron chi connectivity index (χ0n) is 15.9. The topological polar surface area (TPSA) is 58.6 Å². The lowest BCUT2D eigenvalue weighted by atomic mass is 10.1. The first-order chi connectivity index (χ1) is 11.9. The van der Waals surface area contributed by atoms with Crippen LogP contribution in [0.3, 0.4) is 0 Å². The molecule has 6 nitrogen and oxygen atoms in total. The smallest absolute Gasteiger partial charge is 0.272 e. The summed E-state index contributed by atoms with van der Waals surface area (Å²) in [4.78, 5) is 26.5. The van der Waals surface area contributed by atoms with Crippen molar-refractivity contribution in [1.82, 2.24) is 14.9 Å². The molecule has 1 amide bonds. The molecule has 25 heavy (non-hydrogen) atoms. The number of hydrogen-bond acceptors (Lipinski definition) is 5. The van der Waals surface area contributed by atoms with Gasteiger partial charge in [0.05, 0.1) is 12.2 Å². The van der Waals surface area contributed by atoms with Crippen LogP contribution >= 0.6 is 0 Å². The van der Waals surface area contributed by atoms with Crippen LogP contribution in [0, 0.1) is 0 Å². The van der Waals surface area contributed by atoms with E-state index >= 15 is 0 Å². The molecule has 1 aromatic heterocycles. The Kier molecular flexibility index (Phi) is 5.57. The van der Waals surface area contributed by atoms with Gasteiger partial charge in [0.2, 0.25) is 5.95 Å². The molecule has 0 aromatic carbocycles. The number of carbonyl (C=O) groups is 1. The van der Waals surface area contributed by atoms with Gasteiger partial charge in [-0.2, -0.15) is 0 Å². The fourth-order valence-electron chi connectivity index (χ4n) is 3.60. The number of ether oxygens (including phenoxy) is 1. The molecule has 2 atom stereocenters. The molecule has 0 aliphatic carbocycles. The van der Waals surface area contributed by atoms with Gasteiger partial charge in [-0.05, 0) is 45.1 Å². The number of hydrogen-bond donors (Lipinski definition) is 0. The van der Waals surface area contributed by atoms with E-state index in [1.807, 2.05) is 24.8 Å². The fraction of sp³-hybridized carbons (Fsp3) is 0.737. The number of morpholine rings is 1. The summed E-state index contributed by atoms with van der Waals surface area (Å²) in [7, 11) is 0. The maximum atomic E-state index is 13.1. The molecule has 3 heterocycles. The molecule has 0 unspecified atom stereocenters. The van der Waals surface area contributed by atoms with E-state index in [9.17, 15) is 4.79 Å². The Morgan fingerprint density at radius 3 is 2.36 bits per heavy atom. The normalized spacial score (nSPS) is 24.7. The molecule has 0 radical (unpaired) electrons. The summed E-state index contributed by atoms with van der Waals surface area (Å²) in [5.41, 5.74) is 1.45. The van der Waals surface area contributed by atoms with Crippen molar-refractivity contribution in [3.63, 3.8) is 0 Å². The van der Waals surface area contributed by atoms with Crippen molar-refractivity contribution in [2.75, 3.05) is 31.1 Å². The summed E-state index contributed by atoms with van der Waals surface area (Å²) in [5.74, 6) is 0.966. The maximum absolute atomic E-state index is 13.1. The van der Waals surface area contributed by atoms with E-state index in [0.717, 1.165) is 31.6 Å². The molecule has 2 aliphatic rings. The van der Waals surface area contributed by atoms with Gasteiger partial charge in [0, 0.05) is 31.9 Å². The largest absolute Gasteiger partial charge is 0.372 e. The lowest BCUT2D eigenvalue weighted by molar-refractivity contribution is -0.0587. The molecule has 0 bridgehead atoms. The highest BCUT2D eigenvalue weighted by Crippen LogP contribution is 2.22. The number of aromatic nitrogens is 2. The van der Waals surface area contributed by atoms with E-state index < -0.39 is 0 Å². The Morgan fingerprint density at radius 1 is 1.12 bits per heavy atom. The van der Waals surface area contributed by atoms with Crippen LogP contribution in [-0.4, -0.2) is 59.2 Å². The van der Waals surface area contributed by atoms with Crippen molar-refractivity contribution < 1.29 is 9.53 Å². The predicted molar refractivity (Wildman–Crippen MR) is 98.1 cm³/mol. The van der Waals surface area contributed by atoms with Crippen LogP contribution in [0.2, 0.25) is 0 Å². The molecule has 0 N–H and O–H groups in total. The maximum Gasteiger partial charge on any atom is 0.272 e. The summed E-state index contributed by atoms with van der Waals surface area (Å²) >= 11 is 0. The van der Waals surface area contributed by atoms with Crippen LogP contribution in [0.25, 0.3) is 0 Å². The van der Waals surface area contributed by atoms with E-state index in [4.69, 9.17) is 9.72 Å². The van der Waals surface area contributed by atoms with Gasteiger partial charge in [0.25, 0.3) is 5.91 Å². The van der Waals surface area contributed by atoms with Crippen molar-refractivity contribution in [2.24, 2.45) is 0 Å². The summed E-state index contributed by atoms with van der Waals surface area (Å²) in [6.45, 7) is 11.4. The molecule has 0 spiro atoms. The minimum Gasteiger partial charge on any atom is -0.372 e. The molecule has 138 valence electrons. The van der Waals surface area contributed by atoms with Gasteiger partial charge in [-0.1, -0.05) is 13.8 Å². The molecule has 6 heteroatoms. The van der Waals surface area contributed by atoms with Crippen LogP contribution < -0.4 is 4.90 Å². The van der Waals surface area contributed by atoms with Gasteiger partial charge in [-0.25, -0.2) is 9.97 Å². The first-order valence-electron chi connectivity index (χ1n) is 9.52. The van der Waals surface area contributed by atoms with E-state index in [0.29, 0.717) is 24.7 Å². The van der Waals surface area contributed by atoms with Gasteiger partial charge < -0.3 is 14.5 Å². The molecule has 3 rings (SSSR count). The van der Waals surface area contributed by atoms with Crippen LogP contribution in [-0.2, 0) is 4.74 Å². The van der Waals surface area contributed by atoms with Crippen molar-refractivity contribution >= 4 is 11.9 Å². The molecule has 1 aromatic rings. The molecule has 2 aliphatic heterocycles. The van der Waals surface area contributed by atoms with Gasteiger partial charge in [0.1, 0.15) is 5.69 Å². The fourth-order valence-corrected chi connectivity index (χ4v) is 3.60. The second-order valence-electron chi connectivity index (χ2n) is 7.65. The quantitative estimate of drug-likeness (QED) is 0.842. The SMILES string of the molecule is CC(C)c1cc(C(=O)N2C[C@@H](C)O[C@@H](C)C2)nc(N2CCCCC2)n1. The van der Waals surface area contributed by atoms with Crippen LogP contribution in [0.15, 0.2) is 6.07 Å². The van der Waals surface area contributed by atoms with E-state index in [2.05, 4.69) is 23.7 Å². The van der Waals surface area contributed by atoms with Gasteiger partial charge in [-0.3, -0.25) is 4.79 Å². The second-order valence-corrected chi connectivity index (χ2v) is 7.65. The van der Waals surface area contributed by atoms with E-state index in [1.54, 1.807) is 0 Å². The van der Waals surface area contributed by atoms with Crippen molar-refractivity contribution in [1.29, 1.82) is 0 Å². The number of carbonyl (C=O) groups excluding carboxylic acids is 1. The summed E-state index contributed by atoms with van der Waals surface area (Å²) in [6.07, 6.45) is 3.70. The Bertz CT molecular complexity index is 603. The Morgan fingerprint density at radius 2 is 1.76 bits per heavy atom. The summed E-state index contributed by atoms with van der Waals surface area (Å²) in [6, 6.07) is 1.87. The molecule has 2 fully saturated rings. The van der Waals surface area contributed by atoms with Crippen LogP contribution in [0.4, 0.5) is 5.95 Å². The van der Waals surface area contributed by atoms with Crippen molar-refractivity contribution in [3.8, 4) is 0 Å². The standard InChI is InChI=1S/C19H30N4O2/c1-13(2)16-10-17(18(24)23-11-14(3)25-15(4)12-23)21-19(20-16)22-8-6-5-7-9-22/h10,13-15H,5-9,11-12H2,1-4H3/t14-,15+. The van der Waals surface area contributed by atoms with E-state index in [1.165, 1.54) is 6.42 Å². The van der Waals surface area contributed by atoms with Gasteiger partial charge in [-0.15, -0.1) is 0 Å². The molecule has 0 saturated carbocycles. The third-order valence-corrected chi connectivity index (χ3v) is 4.89. The average Bonchev–Trinajstić information content (AvgIpc) is 2.60. The Balaban J connectivity index is 1.88. The molecular weight excluding hydrogens is 316 g/mol. The first-order valence-corrected chi connectivity index (χ1v) is 9.52. The zero-order valence-corrected chi connectivity index (χ0v) is 15.9. The highest BCUT2D eigenvalue weighted by molar-refractivity contribution is 5.92. The Labute approximate surface area is 150 Å². The third-order valence-electron chi connectivity index (χ3n) is 4.89. The van der Waals surface area contributed by atoms with E-state index in [-0.39, 0.29) is 24.0 Å². The average molecular weight is 346 g/mol. The number of rotatable bonds is 3. The zero-order chi connectivity index (χ0) is 18.0. The summed E-state index contributed by atoms with van der Waals surface area (Å²) < 4.78 is 5.75. The van der Waals surface area contributed by atoms with Gasteiger partial charge >= 0.3 is 0 Å². The highest BCUT2D eigenvalue weighted by atomic mass is 16.5. The predicted octanol–water partition coefficient (Wildman–Crippen LogP) is 2.84. The number of piperidine rings is 1. The minimum atomic E-state index is -0.00967. The number of nitrogens with zero attached hydrogens (tertiary/aromatic N) is 4. The molecular formula is C19H30N4O2. The highest BCUT2D eigenvalue weighted by Gasteiger charge is 2.28. The number of anilines is 1. The minimum absolute atomic E-state index is 0.00967. The monoisotopic (exact) mass is 346 g/mol. The van der Waals surface area contributed by atoms with Crippen LogP contribution in [0.5, 0.6) is 0 Å². The van der Waals surface area contributed by atoms with Gasteiger partial charge in [0.15, 0.2) is 0 Å². The van der Waals surface area contributed by atoms with Crippen molar-refractivity contribution in [2.45, 2.75) is 65.1 Å². The first kappa shape index (κ1) is 18.1. The second kappa shape index (κ2) is 7.68. The number of amides is 1. The lowest BCUT2D eigenvalue weighted by Crippen LogP contribution is -2.48. The lowest BCUT2D eigenvalue weighted by Gasteiger charge is -2.35.